The normalized spacial score (nSPS) is 11.8. The third-order valence-electron chi connectivity index (χ3n) is 9.14. The monoisotopic (exact) mass is 618 g/mol. The maximum atomic E-state index is 6.29. The van der Waals surface area contributed by atoms with E-state index in [1.54, 1.807) is 0 Å². The molecule has 0 amide bonds. The summed E-state index contributed by atoms with van der Waals surface area (Å²) in [7, 11) is 0. The van der Waals surface area contributed by atoms with Gasteiger partial charge in [-0.25, -0.2) is 9.97 Å². The molecule has 4 heterocycles. The van der Waals surface area contributed by atoms with Crippen LogP contribution in [0.2, 0.25) is 0 Å². The molecule has 0 fully saturated rings. The Hall–Kier alpha value is -6.66. The third kappa shape index (κ3) is 4.20. The highest BCUT2D eigenvalue weighted by Gasteiger charge is 2.15. The van der Waals surface area contributed by atoms with Crippen molar-refractivity contribution in [2.75, 3.05) is 0 Å². The molecule has 0 bridgehead atoms. The lowest BCUT2D eigenvalue weighted by atomic mass is 10.0. The van der Waals surface area contributed by atoms with Gasteiger partial charge in [0.05, 0.1) is 0 Å². The van der Waals surface area contributed by atoms with Crippen LogP contribution in [0.1, 0.15) is 0 Å². The van der Waals surface area contributed by atoms with Gasteiger partial charge in [0, 0.05) is 68.8 Å². The minimum absolute atomic E-state index is 0.852. The summed E-state index contributed by atoms with van der Waals surface area (Å²) < 4.78 is 16.8. The zero-order chi connectivity index (χ0) is 31.6. The van der Waals surface area contributed by atoms with Gasteiger partial charge in [0.1, 0.15) is 34.0 Å². The van der Waals surface area contributed by atoms with Gasteiger partial charge in [-0.15, -0.1) is 0 Å². The largest absolute Gasteiger partial charge is 0.456 e. The zero-order valence-electron chi connectivity index (χ0n) is 25.6. The van der Waals surface area contributed by atoms with E-state index < -0.39 is 0 Å². The van der Waals surface area contributed by atoms with Crippen LogP contribution in [0.5, 0.6) is 0 Å². The van der Waals surface area contributed by atoms with Crippen LogP contribution in [0.15, 0.2) is 167 Å². The van der Waals surface area contributed by atoms with E-state index in [0.717, 1.165) is 89.2 Å². The zero-order valence-corrected chi connectivity index (χ0v) is 25.6. The number of hydrogen-bond acceptors (Lipinski definition) is 4. The van der Waals surface area contributed by atoms with E-state index in [4.69, 9.17) is 8.83 Å². The van der Waals surface area contributed by atoms with Gasteiger partial charge < -0.3 is 8.83 Å². The van der Waals surface area contributed by atoms with Crippen LogP contribution in [0.3, 0.4) is 0 Å². The van der Waals surface area contributed by atoms with Gasteiger partial charge >= 0.3 is 0 Å². The summed E-state index contributed by atoms with van der Waals surface area (Å²) >= 11 is 0. The molecule has 0 spiro atoms. The van der Waals surface area contributed by atoms with Crippen LogP contribution in [0.4, 0.5) is 0 Å². The number of benzene rings is 6. The minimum Gasteiger partial charge on any atom is -0.456 e. The number of imidazole rings is 2. The molecule has 6 nitrogen and oxygen atoms in total. The first-order valence-corrected chi connectivity index (χ1v) is 15.9. The lowest BCUT2D eigenvalue weighted by Crippen LogP contribution is -1.95. The highest BCUT2D eigenvalue weighted by Crippen LogP contribution is 2.37. The van der Waals surface area contributed by atoms with Crippen molar-refractivity contribution in [2.24, 2.45) is 0 Å². The van der Waals surface area contributed by atoms with Gasteiger partial charge in [0.15, 0.2) is 0 Å². The fraction of sp³-hybridized carbons (Fsp3) is 0. The number of fused-ring (bicyclic) bond motifs is 6. The Balaban J connectivity index is 1.07. The molecule has 0 unspecified atom stereocenters. The molecule has 6 aromatic carbocycles. The summed E-state index contributed by atoms with van der Waals surface area (Å²) in [6.45, 7) is 0. The maximum Gasteiger partial charge on any atom is 0.144 e. The Morgan fingerprint density at radius 3 is 1.21 bits per heavy atom. The summed E-state index contributed by atoms with van der Waals surface area (Å²) in [6, 6.07) is 46.0. The molecule has 10 rings (SSSR count). The molecule has 0 aliphatic heterocycles. The van der Waals surface area contributed by atoms with Gasteiger partial charge in [-0.2, -0.15) is 0 Å². The Labute approximate surface area is 274 Å². The Bertz CT molecular complexity index is 2590. The third-order valence-corrected chi connectivity index (χ3v) is 9.14. The van der Waals surface area contributed by atoms with Gasteiger partial charge in [-0.1, -0.05) is 72.8 Å². The molecule has 226 valence electrons. The number of furan rings is 2. The van der Waals surface area contributed by atoms with Crippen LogP contribution in [-0.2, 0) is 0 Å². The second-order valence-corrected chi connectivity index (χ2v) is 12.0. The van der Waals surface area contributed by atoms with Crippen LogP contribution in [-0.4, -0.2) is 19.1 Å². The van der Waals surface area contributed by atoms with E-state index in [2.05, 4.69) is 104 Å². The molecule has 0 radical (unpaired) electrons. The molecular formula is C42H26N4O2. The molecule has 0 saturated heterocycles. The fourth-order valence-corrected chi connectivity index (χ4v) is 6.81. The molecule has 0 N–H and O–H groups in total. The second kappa shape index (κ2) is 10.4. The summed E-state index contributed by atoms with van der Waals surface area (Å²) in [4.78, 5) is 9.31. The van der Waals surface area contributed by atoms with Gasteiger partial charge in [0.25, 0.3) is 0 Å². The molecule has 0 aliphatic rings. The summed E-state index contributed by atoms with van der Waals surface area (Å²) in [6.07, 6.45) is 7.69. The Morgan fingerprint density at radius 2 is 0.771 bits per heavy atom. The minimum atomic E-state index is 0.852. The topological polar surface area (TPSA) is 61.9 Å². The smallest absolute Gasteiger partial charge is 0.144 e. The Morgan fingerprint density at radius 1 is 0.375 bits per heavy atom. The first kappa shape index (κ1) is 26.5. The fourth-order valence-electron chi connectivity index (χ4n) is 6.81. The van der Waals surface area contributed by atoms with Gasteiger partial charge in [-0.3, -0.25) is 9.13 Å². The molecule has 10 aromatic rings. The van der Waals surface area contributed by atoms with Crippen molar-refractivity contribution < 1.29 is 8.83 Å². The van der Waals surface area contributed by atoms with E-state index in [1.807, 2.05) is 73.3 Å². The van der Waals surface area contributed by atoms with Crippen molar-refractivity contribution in [2.45, 2.75) is 0 Å². The van der Waals surface area contributed by atoms with Crippen molar-refractivity contribution in [1.29, 1.82) is 0 Å². The van der Waals surface area contributed by atoms with E-state index >= 15 is 0 Å². The average molecular weight is 619 g/mol. The predicted octanol–water partition coefficient (Wildman–Crippen LogP) is 10.9. The van der Waals surface area contributed by atoms with Crippen LogP contribution < -0.4 is 0 Å². The first-order chi connectivity index (χ1) is 23.8. The quantitative estimate of drug-likeness (QED) is 0.193. The van der Waals surface area contributed by atoms with Crippen molar-refractivity contribution in [3.05, 3.63) is 158 Å². The second-order valence-electron chi connectivity index (χ2n) is 12.0. The van der Waals surface area contributed by atoms with Crippen LogP contribution in [0.25, 0.3) is 89.2 Å². The lowest BCUT2D eigenvalue weighted by molar-refractivity contribution is 0.668. The molecule has 0 saturated carbocycles. The van der Waals surface area contributed by atoms with Crippen molar-refractivity contribution >= 4 is 43.9 Å². The van der Waals surface area contributed by atoms with E-state index in [0.29, 0.717) is 0 Å². The highest BCUT2D eigenvalue weighted by molar-refractivity contribution is 6.09. The van der Waals surface area contributed by atoms with Crippen molar-refractivity contribution in [1.82, 2.24) is 19.1 Å². The highest BCUT2D eigenvalue weighted by atomic mass is 16.3. The number of aromatic nitrogens is 4. The average Bonchev–Trinajstić information content (AvgIpc) is 3.96. The van der Waals surface area contributed by atoms with E-state index in [9.17, 15) is 0 Å². The molecule has 6 heteroatoms. The first-order valence-electron chi connectivity index (χ1n) is 15.9. The number of rotatable bonds is 5. The lowest BCUT2D eigenvalue weighted by Gasteiger charge is -2.08. The summed E-state index contributed by atoms with van der Waals surface area (Å²) in [5.74, 6) is 1.80. The number of hydrogen-bond donors (Lipinski definition) is 0. The van der Waals surface area contributed by atoms with Gasteiger partial charge in [0.2, 0.25) is 0 Å². The molecular weight excluding hydrogens is 592 g/mol. The van der Waals surface area contributed by atoms with Gasteiger partial charge in [-0.05, 0) is 71.8 Å². The molecule has 0 atom stereocenters. The van der Waals surface area contributed by atoms with E-state index in [-0.39, 0.29) is 0 Å². The summed E-state index contributed by atoms with van der Waals surface area (Å²) in [5.41, 5.74) is 9.83. The Kier molecular flexibility index (Phi) is 5.77. The molecule has 0 aliphatic carbocycles. The standard InChI is InChI=1S/C42H26N4O2/c1-3-7-27(8-4-1)41-43-19-21-45(41)31-13-17-39-35(25-31)33-23-29(11-15-37(33)47-39)30-12-16-38-34(24-30)36-26-32(14-18-40(36)48-38)46-22-20-44-42(46)28-9-5-2-6-10-28/h1-26H. The van der Waals surface area contributed by atoms with Crippen LogP contribution in [0, 0.1) is 0 Å². The number of nitrogens with zero attached hydrogens (tertiary/aromatic N) is 4. The molecule has 48 heavy (non-hydrogen) atoms. The van der Waals surface area contributed by atoms with Crippen molar-refractivity contribution in [3.63, 3.8) is 0 Å². The predicted molar refractivity (Wildman–Crippen MR) is 192 cm³/mol. The van der Waals surface area contributed by atoms with Crippen LogP contribution >= 0.6 is 0 Å². The van der Waals surface area contributed by atoms with Crippen molar-refractivity contribution in [3.8, 4) is 45.3 Å². The molecule has 4 aromatic heterocycles. The maximum absolute atomic E-state index is 6.29. The summed E-state index contributed by atoms with van der Waals surface area (Å²) in [5, 5.41) is 4.26. The van der Waals surface area contributed by atoms with E-state index in [1.165, 1.54) is 0 Å². The SMILES string of the molecule is c1ccc(-c2nccn2-c2ccc3oc4ccc(-c5ccc6oc7ccc(-n8ccnc8-c8ccccc8)cc7c6c5)cc4c3c2)cc1.